The lowest BCUT2D eigenvalue weighted by atomic mass is 10.2. The Labute approximate surface area is 121 Å². The Balaban J connectivity index is 2.12. The first-order valence-electron chi connectivity index (χ1n) is 7.10. The monoisotopic (exact) mass is 272 g/mol. The van der Waals surface area contributed by atoms with E-state index >= 15 is 0 Å². The van der Waals surface area contributed by atoms with E-state index in [1.54, 1.807) is 0 Å². The molecule has 3 heteroatoms. The van der Waals surface area contributed by atoms with Crippen molar-refractivity contribution in [1.82, 2.24) is 4.57 Å². The number of nitrogens with one attached hydrogen (secondary N) is 1. The summed E-state index contributed by atoms with van der Waals surface area (Å²) in [6.45, 7) is 9.18. The molecule has 20 heavy (non-hydrogen) atoms. The number of para-hydroxylation sites is 2. The van der Waals surface area contributed by atoms with Gasteiger partial charge in [-0.15, -0.1) is 0 Å². The number of hydrogen-bond acceptors (Lipinski definition) is 2. The smallest absolute Gasteiger partial charge is 0.142 e. The van der Waals surface area contributed by atoms with Crippen LogP contribution in [0.4, 0.5) is 5.69 Å². The Bertz CT molecular complexity index is 585. The number of ether oxygens (including phenoxy) is 1. The minimum absolute atomic E-state index is 0.179. The average molecular weight is 272 g/mol. The third-order valence-electron chi connectivity index (χ3n) is 3.60. The molecule has 0 saturated heterocycles. The summed E-state index contributed by atoms with van der Waals surface area (Å²) < 4.78 is 8.04. The van der Waals surface area contributed by atoms with Gasteiger partial charge in [0, 0.05) is 25.0 Å². The van der Waals surface area contributed by atoms with Crippen LogP contribution in [0.5, 0.6) is 5.75 Å². The predicted octanol–water partition coefficient (Wildman–Crippen LogP) is 4.04. The number of benzene rings is 1. The normalized spacial score (nSPS) is 10.9. The molecule has 0 fully saturated rings. The van der Waals surface area contributed by atoms with Crippen molar-refractivity contribution in [2.75, 3.05) is 5.32 Å². The maximum Gasteiger partial charge on any atom is 0.142 e. The summed E-state index contributed by atoms with van der Waals surface area (Å²) >= 11 is 0. The highest BCUT2D eigenvalue weighted by atomic mass is 16.5. The third kappa shape index (κ3) is 3.16. The molecular formula is C17H24N2O. The van der Waals surface area contributed by atoms with Crippen LogP contribution in [0.1, 0.15) is 30.8 Å². The molecule has 0 bridgehead atoms. The van der Waals surface area contributed by atoms with Gasteiger partial charge >= 0.3 is 0 Å². The van der Waals surface area contributed by atoms with E-state index in [1.165, 1.54) is 17.0 Å². The Morgan fingerprint density at radius 2 is 1.90 bits per heavy atom. The van der Waals surface area contributed by atoms with Crippen molar-refractivity contribution in [3.05, 3.63) is 47.3 Å². The lowest BCUT2D eigenvalue weighted by Gasteiger charge is -2.15. The zero-order chi connectivity index (χ0) is 14.7. The van der Waals surface area contributed by atoms with Crippen LogP contribution in [0.2, 0.25) is 0 Å². The molecular weight excluding hydrogens is 248 g/mol. The summed E-state index contributed by atoms with van der Waals surface area (Å²) in [6.07, 6.45) is 0.179. The summed E-state index contributed by atoms with van der Waals surface area (Å²) in [6, 6.07) is 10.3. The van der Waals surface area contributed by atoms with Crippen LogP contribution in [-0.4, -0.2) is 10.7 Å². The Morgan fingerprint density at radius 1 is 1.20 bits per heavy atom. The van der Waals surface area contributed by atoms with E-state index in [0.717, 1.165) is 18.0 Å². The van der Waals surface area contributed by atoms with E-state index in [2.05, 4.69) is 42.9 Å². The molecule has 0 atom stereocenters. The van der Waals surface area contributed by atoms with Crippen molar-refractivity contribution in [3.8, 4) is 5.75 Å². The van der Waals surface area contributed by atoms with E-state index in [4.69, 9.17) is 4.74 Å². The molecule has 0 aliphatic carbocycles. The van der Waals surface area contributed by atoms with Crippen LogP contribution in [0, 0.1) is 13.8 Å². The van der Waals surface area contributed by atoms with Crippen LogP contribution >= 0.6 is 0 Å². The first-order valence-corrected chi connectivity index (χ1v) is 7.10. The minimum Gasteiger partial charge on any atom is -0.489 e. The van der Waals surface area contributed by atoms with Gasteiger partial charge in [0.1, 0.15) is 5.75 Å². The molecule has 108 valence electrons. The number of hydrogen-bond donors (Lipinski definition) is 1. The van der Waals surface area contributed by atoms with Crippen molar-refractivity contribution in [2.24, 2.45) is 7.05 Å². The fourth-order valence-corrected chi connectivity index (χ4v) is 2.27. The van der Waals surface area contributed by atoms with Gasteiger partial charge in [-0.25, -0.2) is 0 Å². The molecule has 0 saturated carbocycles. The zero-order valence-electron chi connectivity index (χ0n) is 13.0. The Morgan fingerprint density at radius 3 is 2.50 bits per heavy atom. The average Bonchev–Trinajstić information content (AvgIpc) is 2.65. The quantitative estimate of drug-likeness (QED) is 0.889. The summed E-state index contributed by atoms with van der Waals surface area (Å²) in [5.74, 6) is 0.910. The summed E-state index contributed by atoms with van der Waals surface area (Å²) in [5.41, 5.74) is 4.95. The van der Waals surface area contributed by atoms with E-state index in [-0.39, 0.29) is 6.10 Å². The molecule has 0 aliphatic rings. The van der Waals surface area contributed by atoms with Gasteiger partial charge in [-0.1, -0.05) is 12.1 Å². The van der Waals surface area contributed by atoms with Gasteiger partial charge in [-0.05, 0) is 51.5 Å². The first kappa shape index (κ1) is 14.5. The number of aromatic nitrogens is 1. The van der Waals surface area contributed by atoms with Crippen molar-refractivity contribution in [1.29, 1.82) is 0 Å². The fraction of sp³-hybridized carbons (Fsp3) is 0.412. The zero-order valence-corrected chi connectivity index (χ0v) is 13.0. The highest BCUT2D eigenvalue weighted by molar-refractivity contribution is 5.56. The lowest BCUT2D eigenvalue weighted by Crippen LogP contribution is -2.09. The second-order valence-corrected chi connectivity index (χ2v) is 5.47. The molecule has 1 heterocycles. The second kappa shape index (κ2) is 6.04. The largest absolute Gasteiger partial charge is 0.489 e. The molecule has 0 spiro atoms. The van der Waals surface area contributed by atoms with Crippen LogP contribution in [-0.2, 0) is 13.6 Å². The van der Waals surface area contributed by atoms with E-state index < -0.39 is 0 Å². The van der Waals surface area contributed by atoms with Crippen LogP contribution in [0.3, 0.4) is 0 Å². The van der Waals surface area contributed by atoms with Gasteiger partial charge in [0.05, 0.1) is 11.8 Å². The van der Waals surface area contributed by atoms with E-state index in [1.807, 2.05) is 32.0 Å². The Hall–Kier alpha value is -1.90. The third-order valence-corrected chi connectivity index (χ3v) is 3.60. The predicted molar refractivity (Wildman–Crippen MR) is 84.4 cm³/mol. The lowest BCUT2D eigenvalue weighted by molar-refractivity contribution is 0.243. The van der Waals surface area contributed by atoms with Gasteiger partial charge in [0.2, 0.25) is 0 Å². The van der Waals surface area contributed by atoms with Crippen molar-refractivity contribution in [2.45, 2.75) is 40.3 Å². The second-order valence-electron chi connectivity index (χ2n) is 5.47. The van der Waals surface area contributed by atoms with Crippen LogP contribution in [0.15, 0.2) is 30.3 Å². The fourth-order valence-electron chi connectivity index (χ4n) is 2.27. The van der Waals surface area contributed by atoms with Gasteiger partial charge in [0.25, 0.3) is 0 Å². The standard InChI is InChI=1S/C17H24N2O/c1-12(2)20-17-9-7-6-8-16(17)18-11-15-10-13(3)19(5)14(15)4/h6-10,12,18H,11H2,1-5H3. The van der Waals surface area contributed by atoms with Crippen molar-refractivity contribution >= 4 is 5.69 Å². The van der Waals surface area contributed by atoms with Crippen LogP contribution < -0.4 is 10.1 Å². The van der Waals surface area contributed by atoms with E-state index in [0.29, 0.717) is 0 Å². The maximum absolute atomic E-state index is 5.83. The molecule has 1 N–H and O–H groups in total. The number of anilines is 1. The van der Waals surface area contributed by atoms with Gasteiger partial charge in [-0.2, -0.15) is 0 Å². The van der Waals surface area contributed by atoms with Crippen molar-refractivity contribution < 1.29 is 4.74 Å². The van der Waals surface area contributed by atoms with Gasteiger partial charge < -0.3 is 14.6 Å². The molecule has 2 rings (SSSR count). The van der Waals surface area contributed by atoms with Gasteiger partial charge in [-0.3, -0.25) is 0 Å². The molecule has 1 aromatic heterocycles. The summed E-state index contributed by atoms with van der Waals surface area (Å²) in [7, 11) is 2.10. The van der Waals surface area contributed by atoms with E-state index in [9.17, 15) is 0 Å². The highest BCUT2D eigenvalue weighted by Crippen LogP contribution is 2.26. The maximum atomic E-state index is 5.83. The topological polar surface area (TPSA) is 26.2 Å². The minimum atomic E-state index is 0.179. The number of aryl methyl sites for hydroxylation is 1. The molecule has 3 nitrogen and oxygen atoms in total. The van der Waals surface area contributed by atoms with Gasteiger partial charge in [0.15, 0.2) is 0 Å². The molecule has 0 amide bonds. The number of nitrogens with zero attached hydrogens (tertiary/aromatic N) is 1. The molecule has 1 aromatic carbocycles. The summed E-state index contributed by atoms with van der Waals surface area (Å²) in [5, 5.41) is 3.48. The van der Waals surface area contributed by atoms with Crippen LogP contribution in [0.25, 0.3) is 0 Å². The Kier molecular flexibility index (Phi) is 4.38. The van der Waals surface area contributed by atoms with Crippen molar-refractivity contribution in [3.63, 3.8) is 0 Å². The highest BCUT2D eigenvalue weighted by Gasteiger charge is 2.08. The molecule has 0 aliphatic heterocycles. The molecule has 2 aromatic rings. The SMILES string of the molecule is Cc1cc(CNc2ccccc2OC(C)C)c(C)n1C. The molecule has 0 radical (unpaired) electrons. The first-order chi connectivity index (χ1) is 9.49. The summed E-state index contributed by atoms with van der Waals surface area (Å²) in [4.78, 5) is 0. The molecule has 0 unspecified atom stereocenters. The number of rotatable bonds is 5.